The first-order valence-electron chi connectivity index (χ1n) is 5.79. The zero-order chi connectivity index (χ0) is 12.4. The highest BCUT2D eigenvalue weighted by atomic mass is 19.1. The van der Waals surface area contributed by atoms with Gasteiger partial charge in [0.05, 0.1) is 11.6 Å². The van der Waals surface area contributed by atoms with Crippen molar-refractivity contribution in [3.05, 3.63) is 29.3 Å². The van der Waals surface area contributed by atoms with Gasteiger partial charge < -0.3 is 4.90 Å². The van der Waals surface area contributed by atoms with E-state index in [2.05, 4.69) is 6.92 Å². The van der Waals surface area contributed by atoms with Crippen LogP contribution in [0.25, 0.3) is 0 Å². The zero-order valence-corrected chi connectivity index (χ0v) is 9.71. The summed E-state index contributed by atoms with van der Waals surface area (Å²) in [6.45, 7) is 3.45. The molecule has 1 aromatic carbocycles. The van der Waals surface area contributed by atoms with Gasteiger partial charge in [-0.05, 0) is 24.5 Å². The maximum Gasteiger partial charge on any atom is 0.150 e. The van der Waals surface area contributed by atoms with Crippen molar-refractivity contribution in [1.82, 2.24) is 0 Å². The Hall–Kier alpha value is -1.63. The van der Waals surface area contributed by atoms with Crippen LogP contribution in [0.3, 0.4) is 0 Å². The highest BCUT2D eigenvalue weighted by molar-refractivity contribution is 5.53. The Bertz CT molecular complexity index is 442. The second-order valence-electron chi connectivity index (χ2n) is 4.41. The number of nitrogens with zero attached hydrogens (tertiary/aromatic N) is 2. The largest absolute Gasteiger partial charge is 0.367 e. The van der Waals surface area contributed by atoms with E-state index in [1.165, 1.54) is 0 Å². The Kier molecular flexibility index (Phi) is 3.28. The number of hydrogen-bond acceptors (Lipinski definition) is 2. The highest BCUT2D eigenvalue weighted by Gasteiger charge is 2.26. The molecule has 1 atom stereocenters. The topological polar surface area (TPSA) is 27.0 Å². The predicted octanol–water partition coefficient (Wildman–Crippen LogP) is 3.07. The third-order valence-electron chi connectivity index (χ3n) is 3.33. The minimum Gasteiger partial charge on any atom is -0.367 e. The number of nitriles is 1. The molecule has 4 heteroatoms. The lowest BCUT2D eigenvalue weighted by Gasteiger charge is -2.20. The van der Waals surface area contributed by atoms with Gasteiger partial charge in [0.15, 0.2) is 11.6 Å². The third-order valence-corrected chi connectivity index (χ3v) is 3.33. The average Bonchev–Trinajstić information content (AvgIpc) is 2.76. The molecule has 0 N–H and O–H groups in total. The molecule has 2 nitrogen and oxygen atoms in total. The minimum atomic E-state index is -0.640. The number of rotatable bonds is 2. The van der Waals surface area contributed by atoms with Crippen molar-refractivity contribution in [3.63, 3.8) is 0 Å². The van der Waals surface area contributed by atoms with Gasteiger partial charge in [-0.1, -0.05) is 13.3 Å². The van der Waals surface area contributed by atoms with Crippen LogP contribution in [-0.2, 0) is 0 Å². The van der Waals surface area contributed by atoms with Gasteiger partial charge in [0, 0.05) is 13.1 Å². The van der Waals surface area contributed by atoms with Crippen molar-refractivity contribution in [2.75, 3.05) is 18.0 Å². The third kappa shape index (κ3) is 2.23. The maximum absolute atomic E-state index is 13.7. The second-order valence-corrected chi connectivity index (χ2v) is 4.41. The lowest BCUT2D eigenvalue weighted by molar-refractivity contribution is 0.558. The molecular formula is C13H14F2N2. The minimum absolute atomic E-state index is 0.0138. The molecule has 0 spiro atoms. The number of halogens is 2. The second kappa shape index (κ2) is 4.70. The molecule has 1 aliphatic heterocycles. The SMILES string of the molecule is CCC1CCN(c2c(F)cc(C#N)cc2F)C1. The molecule has 0 bridgehead atoms. The van der Waals surface area contributed by atoms with Crippen molar-refractivity contribution in [3.8, 4) is 6.07 Å². The Balaban J connectivity index is 2.31. The van der Waals surface area contributed by atoms with E-state index in [0.717, 1.165) is 25.0 Å². The first-order valence-corrected chi connectivity index (χ1v) is 5.79. The Morgan fingerprint density at radius 2 is 2.06 bits per heavy atom. The molecule has 0 aliphatic carbocycles. The van der Waals surface area contributed by atoms with E-state index in [1.807, 2.05) is 0 Å². The van der Waals surface area contributed by atoms with E-state index in [-0.39, 0.29) is 11.3 Å². The summed E-state index contributed by atoms with van der Waals surface area (Å²) in [4.78, 5) is 1.74. The van der Waals surface area contributed by atoms with Crippen LogP contribution in [-0.4, -0.2) is 13.1 Å². The molecule has 1 heterocycles. The smallest absolute Gasteiger partial charge is 0.150 e. The van der Waals surface area contributed by atoms with Crippen LogP contribution in [0, 0.1) is 28.9 Å². The van der Waals surface area contributed by atoms with Gasteiger partial charge in [0.2, 0.25) is 0 Å². The van der Waals surface area contributed by atoms with Gasteiger partial charge in [0.1, 0.15) is 5.69 Å². The van der Waals surface area contributed by atoms with Crippen LogP contribution in [0.15, 0.2) is 12.1 Å². The van der Waals surface area contributed by atoms with Crippen LogP contribution < -0.4 is 4.90 Å². The van der Waals surface area contributed by atoms with Crippen molar-refractivity contribution in [2.45, 2.75) is 19.8 Å². The van der Waals surface area contributed by atoms with Crippen LogP contribution in [0.4, 0.5) is 14.5 Å². The van der Waals surface area contributed by atoms with Crippen molar-refractivity contribution < 1.29 is 8.78 Å². The summed E-state index contributed by atoms with van der Waals surface area (Å²) in [5.41, 5.74) is 0.0370. The molecular weight excluding hydrogens is 222 g/mol. The fourth-order valence-corrected chi connectivity index (χ4v) is 2.30. The van der Waals surface area contributed by atoms with Crippen LogP contribution in [0.1, 0.15) is 25.3 Å². The average molecular weight is 236 g/mol. The molecule has 1 fully saturated rings. The standard InChI is InChI=1S/C13H14F2N2/c1-2-9-3-4-17(8-9)13-11(14)5-10(7-16)6-12(13)15/h5-6,9H,2-4,8H2,1H3. The first-order chi connectivity index (χ1) is 8.15. The van der Waals surface area contributed by atoms with Gasteiger partial charge in [0.25, 0.3) is 0 Å². The summed E-state index contributed by atoms with van der Waals surface area (Å²) >= 11 is 0. The van der Waals surface area contributed by atoms with Crippen molar-refractivity contribution in [2.24, 2.45) is 5.92 Å². The van der Waals surface area contributed by atoms with Crippen LogP contribution in [0.5, 0.6) is 0 Å². The lowest BCUT2D eigenvalue weighted by Crippen LogP contribution is -2.22. The van der Waals surface area contributed by atoms with E-state index in [9.17, 15) is 8.78 Å². The van der Waals surface area contributed by atoms with E-state index in [4.69, 9.17) is 5.26 Å². The quantitative estimate of drug-likeness (QED) is 0.789. The van der Waals surface area contributed by atoms with Crippen molar-refractivity contribution in [1.29, 1.82) is 5.26 Å². The molecule has 0 aromatic heterocycles. The molecule has 1 unspecified atom stereocenters. The lowest BCUT2D eigenvalue weighted by atomic mass is 10.1. The molecule has 90 valence electrons. The molecule has 1 aliphatic rings. The van der Waals surface area contributed by atoms with E-state index in [1.54, 1.807) is 11.0 Å². The number of anilines is 1. The molecule has 0 saturated carbocycles. The monoisotopic (exact) mass is 236 g/mol. The molecule has 0 amide bonds. The summed E-state index contributed by atoms with van der Waals surface area (Å²) in [5.74, 6) is -0.777. The van der Waals surface area contributed by atoms with Gasteiger partial charge in [-0.25, -0.2) is 8.78 Å². The molecule has 2 rings (SSSR count). The van der Waals surface area contributed by atoms with Crippen molar-refractivity contribution >= 4 is 5.69 Å². The normalized spacial score (nSPS) is 19.4. The summed E-state index contributed by atoms with van der Waals surface area (Å²) in [6.07, 6.45) is 1.99. The van der Waals surface area contributed by atoms with Crippen LogP contribution >= 0.6 is 0 Å². The van der Waals surface area contributed by atoms with Gasteiger partial charge in [-0.3, -0.25) is 0 Å². The Labute approximate surface area is 99.5 Å². The fourth-order valence-electron chi connectivity index (χ4n) is 2.30. The zero-order valence-electron chi connectivity index (χ0n) is 9.71. The molecule has 1 saturated heterocycles. The van der Waals surface area contributed by atoms with Gasteiger partial charge in [-0.2, -0.15) is 5.26 Å². The fraction of sp³-hybridized carbons (Fsp3) is 0.462. The first kappa shape index (κ1) is 11.8. The van der Waals surface area contributed by atoms with E-state index >= 15 is 0 Å². The summed E-state index contributed by atoms with van der Waals surface area (Å²) in [5, 5.41) is 8.63. The number of benzene rings is 1. The van der Waals surface area contributed by atoms with Gasteiger partial charge in [-0.15, -0.1) is 0 Å². The molecule has 1 aromatic rings. The van der Waals surface area contributed by atoms with Crippen LogP contribution in [0.2, 0.25) is 0 Å². The summed E-state index contributed by atoms with van der Waals surface area (Å²) in [7, 11) is 0. The van der Waals surface area contributed by atoms with E-state index < -0.39 is 11.6 Å². The maximum atomic E-state index is 13.7. The van der Waals surface area contributed by atoms with E-state index in [0.29, 0.717) is 19.0 Å². The predicted molar refractivity (Wildman–Crippen MR) is 61.7 cm³/mol. The molecule has 17 heavy (non-hydrogen) atoms. The van der Waals surface area contributed by atoms with Gasteiger partial charge >= 0.3 is 0 Å². The molecule has 0 radical (unpaired) electrons. The summed E-state index contributed by atoms with van der Waals surface area (Å²) in [6, 6.07) is 3.94. The number of hydrogen-bond donors (Lipinski definition) is 0. The highest BCUT2D eigenvalue weighted by Crippen LogP contribution is 2.30. The Morgan fingerprint density at radius 3 is 2.53 bits per heavy atom. The summed E-state index contributed by atoms with van der Waals surface area (Å²) < 4.78 is 27.5. The Morgan fingerprint density at radius 1 is 1.41 bits per heavy atom.